The van der Waals surface area contributed by atoms with E-state index in [0.29, 0.717) is 13.2 Å². The number of carbonyl (C=O) groups excluding carboxylic acids is 2. The molecule has 0 fully saturated rings. The van der Waals surface area contributed by atoms with Gasteiger partial charge in [-0.05, 0) is 12.8 Å². The quantitative estimate of drug-likeness (QED) is 0.310. The molecule has 0 aliphatic carbocycles. The molecule has 0 rings (SSSR count). The summed E-state index contributed by atoms with van der Waals surface area (Å²) >= 11 is 0. The van der Waals surface area contributed by atoms with E-state index in [4.69, 9.17) is 9.47 Å². The molecule has 0 saturated heterocycles. The fourth-order valence-electron chi connectivity index (χ4n) is 1.01. The molecule has 0 unspecified atom stereocenters. The molecule has 0 radical (unpaired) electrons. The van der Waals surface area contributed by atoms with Crippen LogP contribution in [-0.4, -0.2) is 45.6 Å². The predicted molar refractivity (Wildman–Crippen MR) is 69.9 cm³/mol. The molecule has 0 bridgehead atoms. The van der Waals surface area contributed by atoms with Crippen molar-refractivity contribution in [2.75, 3.05) is 13.2 Å². The van der Waals surface area contributed by atoms with Gasteiger partial charge in [-0.1, -0.05) is 12.1 Å². The van der Waals surface area contributed by atoms with Gasteiger partial charge in [-0.15, -0.1) is 0 Å². The molecular formula is C10H22O4Si2. The topological polar surface area (TPSA) is 52.6 Å². The van der Waals surface area contributed by atoms with Gasteiger partial charge in [-0.2, -0.15) is 0 Å². The third-order valence-corrected chi connectivity index (χ3v) is 3.47. The molecule has 16 heavy (non-hydrogen) atoms. The summed E-state index contributed by atoms with van der Waals surface area (Å²) < 4.78 is 9.88. The summed E-state index contributed by atoms with van der Waals surface area (Å²) in [5.41, 5.74) is 0. The summed E-state index contributed by atoms with van der Waals surface area (Å²) in [6, 6.07) is 2.27. The summed E-state index contributed by atoms with van der Waals surface area (Å²) in [7, 11) is 2.27. The van der Waals surface area contributed by atoms with Gasteiger partial charge in [0.15, 0.2) is 0 Å². The van der Waals surface area contributed by atoms with Crippen LogP contribution in [0, 0.1) is 0 Å². The van der Waals surface area contributed by atoms with E-state index in [1.807, 2.05) is 0 Å². The molecule has 4 nitrogen and oxygen atoms in total. The summed E-state index contributed by atoms with van der Waals surface area (Å²) in [5, 5.41) is 0. The summed E-state index contributed by atoms with van der Waals surface area (Å²) in [6.07, 6.45) is 2.15. The number of rotatable bonds is 9. The van der Waals surface area contributed by atoms with Crippen LogP contribution in [0.4, 0.5) is 0 Å². The third-order valence-electron chi connectivity index (χ3n) is 2.06. The number of hydrogen-bond donors (Lipinski definition) is 0. The molecule has 0 N–H and O–H groups in total. The molecule has 0 aromatic heterocycles. The van der Waals surface area contributed by atoms with Crippen LogP contribution in [0.25, 0.3) is 0 Å². The van der Waals surface area contributed by atoms with Crippen molar-refractivity contribution in [3.05, 3.63) is 0 Å². The zero-order valence-corrected chi connectivity index (χ0v) is 14.3. The van der Waals surface area contributed by atoms with E-state index in [1.165, 1.54) is 0 Å². The maximum atomic E-state index is 11.1. The van der Waals surface area contributed by atoms with Crippen molar-refractivity contribution in [1.29, 1.82) is 0 Å². The highest BCUT2D eigenvalue weighted by Gasteiger charge is 2.08. The molecule has 6 heteroatoms. The Balaban J connectivity index is 3.40. The second-order valence-electron chi connectivity index (χ2n) is 3.65. The van der Waals surface area contributed by atoms with Gasteiger partial charge in [-0.3, -0.25) is 9.59 Å². The van der Waals surface area contributed by atoms with Gasteiger partial charge in [0.2, 0.25) is 0 Å². The monoisotopic (exact) mass is 262 g/mol. The van der Waals surface area contributed by atoms with Gasteiger partial charge in [0.1, 0.15) is 0 Å². The van der Waals surface area contributed by atoms with Crippen LogP contribution in [0.15, 0.2) is 0 Å². The van der Waals surface area contributed by atoms with Crippen LogP contribution in [0.3, 0.4) is 0 Å². The highest BCUT2D eigenvalue weighted by atomic mass is 28.1. The van der Waals surface area contributed by atoms with Crippen molar-refractivity contribution < 1.29 is 19.1 Å². The standard InChI is InChI=1S/C10H22O4Si2/c11-9(13-5-1-7-15)3-4-10(12)14-6-2-8-16/h1-8H2,15-16H3. The van der Waals surface area contributed by atoms with Crippen LogP contribution in [0.1, 0.15) is 25.7 Å². The fourth-order valence-corrected chi connectivity index (χ4v) is 1.59. The van der Waals surface area contributed by atoms with Gasteiger partial charge in [0, 0.05) is 20.5 Å². The van der Waals surface area contributed by atoms with E-state index in [-0.39, 0.29) is 24.8 Å². The van der Waals surface area contributed by atoms with E-state index < -0.39 is 0 Å². The average molecular weight is 262 g/mol. The Morgan fingerprint density at radius 1 is 0.812 bits per heavy atom. The average Bonchev–Trinajstić information content (AvgIpc) is 2.27. The number of hydrogen-bond acceptors (Lipinski definition) is 4. The van der Waals surface area contributed by atoms with Crippen molar-refractivity contribution in [2.45, 2.75) is 37.8 Å². The van der Waals surface area contributed by atoms with Gasteiger partial charge < -0.3 is 9.47 Å². The fraction of sp³-hybridized carbons (Fsp3) is 0.800. The minimum absolute atomic E-state index is 0.140. The highest BCUT2D eigenvalue weighted by Crippen LogP contribution is 1.98. The van der Waals surface area contributed by atoms with E-state index in [9.17, 15) is 9.59 Å². The SMILES string of the molecule is O=C(CCC(=O)OCCC[SiH3])OCCC[SiH3]. The zero-order valence-electron chi connectivity index (χ0n) is 10.3. The molecular weight excluding hydrogens is 240 g/mol. The Kier molecular flexibility index (Phi) is 10.5. The van der Waals surface area contributed by atoms with Gasteiger partial charge in [-0.25, -0.2) is 0 Å². The third kappa shape index (κ3) is 9.91. The van der Waals surface area contributed by atoms with E-state index in [2.05, 4.69) is 0 Å². The molecule has 0 aromatic carbocycles. The van der Waals surface area contributed by atoms with Crippen LogP contribution >= 0.6 is 0 Å². The summed E-state index contributed by atoms with van der Waals surface area (Å²) in [4.78, 5) is 22.3. The number of carbonyl (C=O) groups is 2. The van der Waals surface area contributed by atoms with Crippen molar-refractivity contribution in [2.24, 2.45) is 0 Å². The smallest absolute Gasteiger partial charge is 0.306 e. The van der Waals surface area contributed by atoms with Crippen molar-refractivity contribution >= 4 is 32.4 Å². The molecule has 0 aromatic rings. The largest absolute Gasteiger partial charge is 0.466 e. The van der Waals surface area contributed by atoms with Gasteiger partial charge in [0.25, 0.3) is 0 Å². The summed E-state index contributed by atoms with van der Waals surface area (Å²) in [6.45, 7) is 0.968. The first-order valence-electron chi connectivity index (χ1n) is 6.02. The Bertz CT molecular complexity index is 187. The minimum atomic E-state index is -0.296. The predicted octanol–water partition coefficient (Wildman–Crippen LogP) is -0.799. The van der Waals surface area contributed by atoms with Gasteiger partial charge >= 0.3 is 11.9 Å². The first kappa shape index (κ1) is 15.4. The van der Waals surface area contributed by atoms with Crippen LogP contribution < -0.4 is 0 Å². The molecule has 0 atom stereocenters. The Morgan fingerprint density at radius 2 is 1.19 bits per heavy atom. The lowest BCUT2D eigenvalue weighted by Crippen LogP contribution is -2.11. The first-order valence-corrected chi connectivity index (χ1v) is 8.84. The Hall–Kier alpha value is -0.626. The normalized spacial score (nSPS) is 10.2. The second-order valence-corrected chi connectivity index (χ2v) is 5.65. The number of ether oxygens (including phenoxy) is 2. The molecule has 0 aliphatic heterocycles. The van der Waals surface area contributed by atoms with Crippen molar-refractivity contribution in [3.8, 4) is 0 Å². The maximum absolute atomic E-state index is 11.1. The van der Waals surface area contributed by atoms with E-state index in [0.717, 1.165) is 45.4 Å². The minimum Gasteiger partial charge on any atom is -0.466 e. The molecule has 0 heterocycles. The summed E-state index contributed by atoms with van der Waals surface area (Å²) in [5.74, 6) is -0.593. The molecule has 94 valence electrons. The molecule has 0 amide bonds. The Labute approximate surface area is 103 Å². The van der Waals surface area contributed by atoms with E-state index in [1.54, 1.807) is 0 Å². The van der Waals surface area contributed by atoms with Gasteiger partial charge in [0.05, 0.1) is 26.1 Å². The second kappa shape index (κ2) is 10.9. The van der Waals surface area contributed by atoms with Crippen LogP contribution in [0.2, 0.25) is 12.1 Å². The Morgan fingerprint density at radius 3 is 1.50 bits per heavy atom. The van der Waals surface area contributed by atoms with Crippen LogP contribution in [0.5, 0.6) is 0 Å². The number of esters is 2. The highest BCUT2D eigenvalue weighted by molar-refractivity contribution is 6.08. The maximum Gasteiger partial charge on any atom is 0.306 e. The molecule has 0 saturated carbocycles. The molecule has 0 spiro atoms. The van der Waals surface area contributed by atoms with Crippen LogP contribution in [-0.2, 0) is 19.1 Å². The lowest BCUT2D eigenvalue weighted by Gasteiger charge is -2.04. The van der Waals surface area contributed by atoms with Crippen molar-refractivity contribution in [3.63, 3.8) is 0 Å². The zero-order chi connectivity index (χ0) is 12.2. The van der Waals surface area contributed by atoms with Crippen molar-refractivity contribution in [1.82, 2.24) is 0 Å². The van der Waals surface area contributed by atoms with E-state index >= 15 is 0 Å². The first-order chi connectivity index (χ1) is 7.70. The lowest BCUT2D eigenvalue weighted by molar-refractivity contribution is -0.150. The lowest BCUT2D eigenvalue weighted by atomic mass is 10.3. The molecule has 0 aliphatic rings.